The molecule has 1 spiro atoms. The van der Waals surface area contributed by atoms with Crippen LogP contribution in [-0.2, 0) is 4.79 Å². The summed E-state index contributed by atoms with van der Waals surface area (Å²) >= 11 is 0. The molecular formula is C10H18N2O. The number of rotatable bonds is 0. The van der Waals surface area contributed by atoms with Crippen LogP contribution in [0.4, 0.5) is 0 Å². The first-order chi connectivity index (χ1) is 6.16. The second-order valence-corrected chi connectivity index (χ2v) is 4.47. The topological polar surface area (TPSA) is 32.3 Å². The second kappa shape index (κ2) is 2.98. The normalized spacial score (nSPS) is 32.9. The molecule has 0 aliphatic carbocycles. The summed E-state index contributed by atoms with van der Waals surface area (Å²) in [6.07, 6.45) is 3.08. The van der Waals surface area contributed by atoms with Crippen LogP contribution in [0.1, 0.15) is 26.2 Å². The Morgan fingerprint density at radius 3 is 2.54 bits per heavy atom. The minimum atomic E-state index is 0.289. The zero-order valence-electron chi connectivity index (χ0n) is 8.47. The van der Waals surface area contributed by atoms with Gasteiger partial charge in [0.25, 0.3) is 0 Å². The Kier molecular flexibility index (Phi) is 2.06. The molecule has 1 atom stereocenters. The number of carbonyl (C=O) groups excluding carboxylic acids is 1. The maximum atomic E-state index is 11.6. The Hall–Kier alpha value is -0.570. The highest BCUT2D eigenvalue weighted by molar-refractivity contribution is 5.79. The Morgan fingerprint density at radius 2 is 2.08 bits per heavy atom. The number of carbonyl (C=O) groups is 1. The molecule has 0 radical (unpaired) electrons. The van der Waals surface area contributed by atoms with Crippen LogP contribution in [0, 0.1) is 5.41 Å². The maximum absolute atomic E-state index is 11.6. The lowest BCUT2D eigenvalue weighted by molar-refractivity contribution is -0.127. The van der Waals surface area contributed by atoms with Crippen LogP contribution in [0.25, 0.3) is 0 Å². The van der Waals surface area contributed by atoms with Gasteiger partial charge in [0.1, 0.15) is 0 Å². The third-order valence-electron chi connectivity index (χ3n) is 3.96. The molecule has 2 aliphatic heterocycles. The van der Waals surface area contributed by atoms with E-state index >= 15 is 0 Å². The van der Waals surface area contributed by atoms with Gasteiger partial charge in [0.05, 0.1) is 0 Å². The van der Waals surface area contributed by atoms with Crippen molar-refractivity contribution in [3.63, 3.8) is 0 Å². The summed E-state index contributed by atoms with van der Waals surface area (Å²) in [5.74, 6) is 0.328. The lowest BCUT2D eigenvalue weighted by atomic mass is 9.73. The van der Waals surface area contributed by atoms with Crippen LogP contribution in [0.3, 0.4) is 0 Å². The minimum Gasteiger partial charge on any atom is -0.342 e. The van der Waals surface area contributed by atoms with Crippen molar-refractivity contribution < 1.29 is 4.79 Å². The standard InChI is InChI=1S/C10H18N2O/c1-8-10(3-5-11-6-4-10)7-9(13)12(8)2/h8,11H,3-7H2,1-2H3. The molecule has 1 amide bonds. The first-order valence-corrected chi connectivity index (χ1v) is 5.12. The minimum absolute atomic E-state index is 0.289. The van der Waals surface area contributed by atoms with Crippen LogP contribution in [0.2, 0.25) is 0 Å². The van der Waals surface area contributed by atoms with E-state index in [2.05, 4.69) is 12.2 Å². The molecule has 1 unspecified atom stereocenters. The predicted molar refractivity (Wildman–Crippen MR) is 51.4 cm³/mol. The fraction of sp³-hybridized carbons (Fsp3) is 0.900. The van der Waals surface area contributed by atoms with Crippen LogP contribution < -0.4 is 5.32 Å². The first kappa shape index (κ1) is 9.00. The average Bonchev–Trinajstić information content (AvgIpc) is 2.33. The van der Waals surface area contributed by atoms with Crippen molar-refractivity contribution in [1.82, 2.24) is 10.2 Å². The Bertz CT molecular complexity index is 221. The molecule has 0 aromatic heterocycles. The van der Waals surface area contributed by atoms with E-state index in [0.717, 1.165) is 32.4 Å². The molecule has 2 fully saturated rings. The van der Waals surface area contributed by atoms with Crippen molar-refractivity contribution >= 4 is 5.91 Å². The molecule has 3 nitrogen and oxygen atoms in total. The van der Waals surface area contributed by atoms with Crippen molar-refractivity contribution in [1.29, 1.82) is 0 Å². The summed E-state index contributed by atoms with van der Waals surface area (Å²) in [6, 6.07) is 0.433. The van der Waals surface area contributed by atoms with Gasteiger partial charge < -0.3 is 10.2 Å². The molecule has 0 aromatic carbocycles. The summed E-state index contributed by atoms with van der Waals surface area (Å²) in [5, 5.41) is 3.36. The van der Waals surface area contributed by atoms with Crippen LogP contribution >= 0.6 is 0 Å². The van der Waals surface area contributed by atoms with Crippen molar-refractivity contribution in [2.75, 3.05) is 20.1 Å². The van der Waals surface area contributed by atoms with Gasteiger partial charge in [-0.25, -0.2) is 0 Å². The van der Waals surface area contributed by atoms with E-state index in [1.165, 1.54) is 0 Å². The lowest BCUT2D eigenvalue weighted by Crippen LogP contribution is -2.43. The Labute approximate surface area is 79.5 Å². The molecule has 1 N–H and O–H groups in total. The molecule has 74 valence electrons. The van der Waals surface area contributed by atoms with Gasteiger partial charge in [-0.15, -0.1) is 0 Å². The molecule has 2 saturated heterocycles. The van der Waals surface area contributed by atoms with Crippen molar-refractivity contribution in [3.8, 4) is 0 Å². The third kappa shape index (κ3) is 1.26. The van der Waals surface area contributed by atoms with E-state index in [4.69, 9.17) is 0 Å². The monoisotopic (exact) mass is 182 g/mol. The van der Waals surface area contributed by atoms with Gasteiger partial charge in [-0.2, -0.15) is 0 Å². The fourth-order valence-electron chi connectivity index (χ4n) is 2.72. The predicted octanol–water partition coefficient (Wildman–Crippen LogP) is 0.607. The van der Waals surface area contributed by atoms with Crippen LogP contribution in [-0.4, -0.2) is 37.0 Å². The molecule has 0 saturated carbocycles. The Balaban J connectivity index is 2.18. The number of piperidine rings is 1. The fourth-order valence-corrected chi connectivity index (χ4v) is 2.72. The van der Waals surface area contributed by atoms with Crippen LogP contribution in [0.15, 0.2) is 0 Å². The molecule has 2 heterocycles. The average molecular weight is 182 g/mol. The van der Waals surface area contributed by atoms with Crippen molar-refractivity contribution in [2.45, 2.75) is 32.2 Å². The first-order valence-electron chi connectivity index (χ1n) is 5.12. The number of amides is 1. The largest absolute Gasteiger partial charge is 0.342 e. The lowest BCUT2D eigenvalue weighted by Gasteiger charge is -2.37. The number of hydrogen-bond donors (Lipinski definition) is 1. The van der Waals surface area contributed by atoms with Gasteiger partial charge >= 0.3 is 0 Å². The van der Waals surface area contributed by atoms with E-state index in [9.17, 15) is 4.79 Å². The summed E-state index contributed by atoms with van der Waals surface area (Å²) in [6.45, 7) is 4.34. The van der Waals surface area contributed by atoms with Gasteiger partial charge in [0.15, 0.2) is 0 Å². The van der Waals surface area contributed by atoms with Gasteiger partial charge in [0, 0.05) is 24.9 Å². The molecule has 2 rings (SSSR count). The second-order valence-electron chi connectivity index (χ2n) is 4.47. The van der Waals surface area contributed by atoms with E-state index in [1.54, 1.807) is 0 Å². The summed E-state index contributed by atoms with van der Waals surface area (Å²) in [4.78, 5) is 13.5. The highest BCUT2D eigenvalue weighted by atomic mass is 16.2. The molecule has 0 aromatic rings. The highest BCUT2D eigenvalue weighted by Crippen LogP contribution is 2.43. The summed E-state index contributed by atoms with van der Waals surface area (Å²) < 4.78 is 0. The van der Waals surface area contributed by atoms with E-state index in [0.29, 0.717) is 11.9 Å². The quantitative estimate of drug-likeness (QED) is 0.595. The SMILES string of the molecule is CC1N(C)C(=O)CC12CCNCC2. The molecule has 3 heteroatoms. The highest BCUT2D eigenvalue weighted by Gasteiger charge is 2.47. The van der Waals surface area contributed by atoms with Gasteiger partial charge in [-0.1, -0.05) is 0 Å². The molecule has 0 bridgehead atoms. The Morgan fingerprint density at radius 1 is 1.46 bits per heavy atom. The van der Waals surface area contributed by atoms with Crippen molar-refractivity contribution in [2.24, 2.45) is 5.41 Å². The van der Waals surface area contributed by atoms with Gasteiger partial charge in [-0.3, -0.25) is 4.79 Å². The molecule has 2 aliphatic rings. The number of likely N-dealkylation sites (tertiary alicyclic amines) is 1. The van der Waals surface area contributed by atoms with Crippen LogP contribution in [0.5, 0.6) is 0 Å². The van der Waals surface area contributed by atoms with E-state index < -0.39 is 0 Å². The number of nitrogens with one attached hydrogen (secondary N) is 1. The number of hydrogen-bond acceptors (Lipinski definition) is 2. The third-order valence-corrected chi connectivity index (χ3v) is 3.96. The zero-order valence-corrected chi connectivity index (χ0v) is 8.47. The van der Waals surface area contributed by atoms with E-state index in [-0.39, 0.29) is 5.41 Å². The summed E-state index contributed by atoms with van der Waals surface area (Å²) in [7, 11) is 1.93. The van der Waals surface area contributed by atoms with Crippen molar-refractivity contribution in [3.05, 3.63) is 0 Å². The van der Waals surface area contributed by atoms with Gasteiger partial charge in [0.2, 0.25) is 5.91 Å². The maximum Gasteiger partial charge on any atom is 0.223 e. The summed E-state index contributed by atoms with van der Waals surface area (Å²) in [5.41, 5.74) is 0.289. The molecular weight excluding hydrogens is 164 g/mol. The zero-order chi connectivity index (χ0) is 9.47. The van der Waals surface area contributed by atoms with Gasteiger partial charge in [-0.05, 0) is 32.9 Å². The number of nitrogens with zero attached hydrogens (tertiary/aromatic N) is 1. The smallest absolute Gasteiger partial charge is 0.223 e. The molecule has 13 heavy (non-hydrogen) atoms. The van der Waals surface area contributed by atoms with E-state index in [1.807, 2.05) is 11.9 Å².